The van der Waals surface area contributed by atoms with Gasteiger partial charge in [-0.25, -0.2) is 10.1 Å². The van der Waals surface area contributed by atoms with E-state index in [9.17, 15) is 14.7 Å². The number of aromatic hydroxyl groups is 1. The Morgan fingerprint density at radius 1 is 1.23 bits per heavy atom. The van der Waals surface area contributed by atoms with Crippen molar-refractivity contribution in [2.24, 2.45) is 5.10 Å². The molecule has 30 heavy (non-hydrogen) atoms. The van der Waals surface area contributed by atoms with Gasteiger partial charge in [-0.3, -0.25) is 9.59 Å². The van der Waals surface area contributed by atoms with Gasteiger partial charge in [-0.2, -0.15) is 10.2 Å². The van der Waals surface area contributed by atoms with Crippen molar-refractivity contribution in [2.45, 2.75) is 33.2 Å². The van der Waals surface area contributed by atoms with E-state index in [2.05, 4.69) is 15.6 Å². The molecule has 0 saturated carbocycles. The van der Waals surface area contributed by atoms with Crippen molar-refractivity contribution in [1.29, 1.82) is 0 Å². The number of aryl methyl sites for hydroxylation is 1. The van der Waals surface area contributed by atoms with Crippen molar-refractivity contribution >= 4 is 22.4 Å². The zero-order valence-electron chi connectivity index (χ0n) is 17.2. The second-order valence-electron chi connectivity index (χ2n) is 6.80. The van der Waals surface area contributed by atoms with Gasteiger partial charge in [0.2, 0.25) is 0 Å². The van der Waals surface area contributed by atoms with Crippen LogP contribution in [0.2, 0.25) is 0 Å². The quantitative estimate of drug-likeness (QED) is 0.462. The van der Waals surface area contributed by atoms with Crippen LogP contribution in [0.15, 0.2) is 52.4 Å². The number of aromatic nitrogens is 2. The maximum absolute atomic E-state index is 12.8. The number of hydrazone groups is 1. The molecule has 2 N–H and O–H groups in total. The second kappa shape index (κ2) is 9.21. The van der Waals surface area contributed by atoms with Crippen LogP contribution in [0.5, 0.6) is 11.5 Å². The van der Waals surface area contributed by atoms with Gasteiger partial charge < -0.3 is 9.84 Å². The van der Waals surface area contributed by atoms with E-state index in [1.807, 2.05) is 6.92 Å². The first kappa shape index (κ1) is 21.0. The highest BCUT2D eigenvalue weighted by Gasteiger charge is 2.16. The van der Waals surface area contributed by atoms with Crippen LogP contribution in [-0.2, 0) is 6.54 Å². The first-order chi connectivity index (χ1) is 14.5. The van der Waals surface area contributed by atoms with E-state index >= 15 is 0 Å². The van der Waals surface area contributed by atoms with Gasteiger partial charge in [0.25, 0.3) is 11.5 Å². The van der Waals surface area contributed by atoms with Crippen molar-refractivity contribution in [2.75, 3.05) is 7.11 Å². The van der Waals surface area contributed by atoms with Crippen molar-refractivity contribution < 1.29 is 14.6 Å². The number of carbonyl (C=O) groups is 1. The predicted octanol–water partition coefficient (Wildman–Crippen LogP) is 3.06. The van der Waals surface area contributed by atoms with E-state index in [1.54, 1.807) is 43.3 Å². The number of phenols is 1. The van der Waals surface area contributed by atoms with E-state index in [0.29, 0.717) is 34.3 Å². The predicted molar refractivity (Wildman–Crippen MR) is 115 cm³/mol. The molecule has 0 saturated heterocycles. The van der Waals surface area contributed by atoms with Crippen LogP contribution in [-0.4, -0.2) is 33.6 Å². The first-order valence-electron chi connectivity index (χ1n) is 9.68. The molecule has 0 aliphatic rings. The maximum atomic E-state index is 12.8. The molecule has 1 amide bonds. The number of carbonyl (C=O) groups excluding carboxylic acids is 1. The molecule has 8 heteroatoms. The van der Waals surface area contributed by atoms with E-state index in [-0.39, 0.29) is 17.0 Å². The van der Waals surface area contributed by atoms with Crippen LogP contribution < -0.4 is 15.7 Å². The third-order valence-corrected chi connectivity index (χ3v) is 4.73. The Labute approximate surface area is 173 Å². The summed E-state index contributed by atoms with van der Waals surface area (Å²) in [5, 5.41) is 19.4. The van der Waals surface area contributed by atoms with Crippen LogP contribution in [0.1, 0.15) is 42.7 Å². The molecule has 3 aromatic rings. The maximum Gasteiger partial charge on any atom is 0.292 e. The number of nitrogens with zero attached hydrogens (tertiary/aromatic N) is 3. The van der Waals surface area contributed by atoms with Gasteiger partial charge in [0.05, 0.1) is 18.2 Å². The lowest BCUT2D eigenvalue weighted by atomic mass is 10.1. The smallest absolute Gasteiger partial charge is 0.292 e. The highest BCUT2D eigenvalue weighted by atomic mass is 16.5. The van der Waals surface area contributed by atoms with Crippen molar-refractivity contribution in [3.05, 3.63) is 64.1 Å². The van der Waals surface area contributed by atoms with Crippen LogP contribution in [0.4, 0.5) is 0 Å². The SMILES string of the molecule is CCCCn1nc(C(=O)N/N=C(\C)c2ccc(OC)cc2O)c2ccccc2c1=O. The summed E-state index contributed by atoms with van der Waals surface area (Å²) in [6.45, 7) is 4.11. The van der Waals surface area contributed by atoms with E-state index in [4.69, 9.17) is 4.74 Å². The molecular formula is C22H24N4O4. The van der Waals surface area contributed by atoms with Gasteiger partial charge in [0, 0.05) is 23.6 Å². The number of phenolic OH excluding ortho intramolecular Hbond substituents is 1. The fourth-order valence-electron chi connectivity index (χ4n) is 3.05. The summed E-state index contributed by atoms with van der Waals surface area (Å²) in [4.78, 5) is 25.5. The fourth-order valence-corrected chi connectivity index (χ4v) is 3.05. The Balaban J connectivity index is 1.94. The lowest BCUT2D eigenvalue weighted by Gasteiger charge is -2.10. The summed E-state index contributed by atoms with van der Waals surface area (Å²) in [5.74, 6) is -0.0385. The average Bonchev–Trinajstić information content (AvgIpc) is 2.76. The minimum Gasteiger partial charge on any atom is -0.507 e. The number of rotatable bonds is 7. The fraction of sp³-hybridized carbons (Fsp3) is 0.273. The summed E-state index contributed by atoms with van der Waals surface area (Å²) < 4.78 is 6.40. The summed E-state index contributed by atoms with van der Waals surface area (Å²) >= 11 is 0. The van der Waals surface area contributed by atoms with Crippen LogP contribution in [0.25, 0.3) is 10.8 Å². The monoisotopic (exact) mass is 408 g/mol. The molecule has 0 fully saturated rings. The summed E-state index contributed by atoms with van der Waals surface area (Å²) in [5.41, 5.74) is 3.24. The normalized spacial score (nSPS) is 11.5. The molecule has 0 aliphatic carbocycles. The van der Waals surface area contributed by atoms with Gasteiger partial charge in [0.1, 0.15) is 11.5 Å². The standard InChI is InChI=1S/C22H24N4O4/c1-4-5-12-26-22(29)18-9-7-6-8-17(18)20(25-26)21(28)24-23-14(2)16-11-10-15(30-3)13-19(16)27/h6-11,13,27H,4-5,12H2,1-3H3,(H,24,28)/b23-14+. The van der Waals surface area contributed by atoms with Gasteiger partial charge in [-0.1, -0.05) is 31.5 Å². The number of hydrogen-bond acceptors (Lipinski definition) is 6. The summed E-state index contributed by atoms with van der Waals surface area (Å²) in [6, 6.07) is 11.7. The highest BCUT2D eigenvalue weighted by molar-refractivity contribution is 6.06. The second-order valence-corrected chi connectivity index (χ2v) is 6.80. The summed E-state index contributed by atoms with van der Waals surface area (Å²) in [6.07, 6.45) is 1.68. The lowest BCUT2D eigenvalue weighted by molar-refractivity contribution is 0.0949. The Morgan fingerprint density at radius 3 is 2.63 bits per heavy atom. The molecule has 0 bridgehead atoms. The average molecular weight is 408 g/mol. The number of methoxy groups -OCH3 is 1. The molecule has 0 atom stereocenters. The molecular weight excluding hydrogens is 384 g/mol. The largest absolute Gasteiger partial charge is 0.507 e. The zero-order valence-corrected chi connectivity index (χ0v) is 17.2. The Bertz CT molecular complexity index is 1170. The van der Waals surface area contributed by atoms with E-state index in [1.165, 1.54) is 17.9 Å². The number of hydrogen-bond donors (Lipinski definition) is 2. The summed E-state index contributed by atoms with van der Waals surface area (Å²) in [7, 11) is 1.51. The zero-order chi connectivity index (χ0) is 21.7. The molecule has 0 spiro atoms. The molecule has 0 aliphatic heterocycles. The molecule has 1 heterocycles. The van der Waals surface area contributed by atoms with Gasteiger partial charge >= 0.3 is 0 Å². The number of amides is 1. The molecule has 3 rings (SSSR count). The number of unbranched alkanes of at least 4 members (excludes halogenated alkanes) is 1. The van der Waals surface area contributed by atoms with E-state index < -0.39 is 5.91 Å². The Kier molecular flexibility index (Phi) is 6.46. The Morgan fingerprint density at radius 2 is 1.97 bits per heavy atom. The molecule has 0 unspecified atom stereocenters. The molecule has 2 aromatic carbocycles. The van der Waals surface area contributed by atoms with Crippen LogP contribution in [0, 0.1) is 0 Å². The van der Waals surface area contributed by atoms with E-state index in [0.717, 1.165) is 12.8 Å². The molecule has 8 nitrogen and oxygen atoms in total. The number of benzene rings is 2. The van der Waals surface area contributed by atoms with Crippen molar-refractivity contribution in [3.8, 4) is 11.5 Å². The molecule has 0 radical (unpaired) electrons. The number of nitrogens with one attached hydrogen (secondary N) is 1. The molecule has 1 aromatic heterocycles. The number of ether oxygens (including phenoxy) is 1. The topological polar surface area (TPSA) is 106 Å². The number of fused-ring (bicyclic) bond motifs is 1. The highest BCUT2D eigenvalue weighted by Crippen LogP contribution is 2.24. The van der Waals surface area contributed by atoms with Crippen molar-refractivity contribution in [1.82, 2.24) is 15.2 Å². The Hall–Kier alpha value is -3.68. The minimum atomic E-state index is -0.538. The third kappa shape index (κ3) is 4.32. The van der Waals surface area contributed by atoms with Crippen LogP contribution >= 0.6 is 0 Å². The van der Waals surface area contributed by atoms with Gasteiger partial charge in [0.15, 0.2) is 5.69 Å². The van der Waals surface area contributed by atoms with Crippen molar-refractivity contribution in [3.63, 3.8) is 0 Å². The third-order valence-electron chi connectivity index (χ3n) is 4.73. The lowest BCUT2D eigenvalue weighted by Crippen LogP contribution is -2.29. The van der Waals surface area contributed by atoms with Gasteiger partial charge in [-0.05, 0) is 31.5 Å². The minimum absolute atomic E-state index is 0.0125. The van der Waals surface area contributed by atoms with Crippen LogP contribution in [0.3, 0.4) is 0 Å². The van der Waals surface area contributed by atoms with Gasteiger partial charge in [-0.15, -0.1) is 0 Å². The molecule has 156 valence electrons. The first-order valence-corrected chi connectivity index (χ1v) is 9.68.